The van der Waals surface area contributed by atoms with E-state index in [1.54, 1.807) is 31.3 Å². The molecule has 0 heterocycles. The molecule has 6 nitrogen and oxygen atoms in total. The zero-order chi connectivity index (χ0) is 18.1. The summed E-state index contributed by atoms with van der Waals surface area (Å²) in [6, 6.07) is 6.90. The molecule has 0 aliphatic rings. The van der Waals surface area contributed by atoms with Crippen LogP contribution >= 0.6 is 0 Å². The van der Waals surface area contributed by atoms with Crippen molar-refractivity contribution in [2.24, 2.45) is 0 Å². The summed E-state index contributed by atoms with van der Waals surface area (Å²) in [6.45, 7) is 5.74. The fourth-order valence-corrected chi connectivity index (χ4v) is 1.21. The van der Waals surface area contributed by atoms with Crippen LogP contribution in [0.3, 0.4) is 0 Å². The van der Waals surface area contributed by atoms with Crippen LogP contribution in [0.2, 0.25) is 0 Å². The van der Waals surface area contributed by atoms with Crippen molar-refractivity contribution in [3.8, 4) is 0 Å². The van der Waals surface area contributed by atoms with Crippen LogP contribution < -0.4 is 10.6 Å². The van der Waals surface area contributed by atoms with Crippen LogP contribution in [0.4, 0.5) is 0 Å². The molecule has 0 saturated heterocycles. The van der Waals surface area contributed by atoms with Gasteiger partial charge in [0, 0.05) is 30.6 Å². The number of aldehydes is 2. The molecule has 1 unspecified atom stereocenters. The summed E-state index contributed by atoms with van der Waals surface area (Å²) in [4.78, 5) is 40.7. The molecule has 6 heteroatoms. The lowest BCUT2D eigenvalue weighted by molar-refractivity contribution is -0.109. The van der Waals surface area contributed by atoms with Crippen molar-refractivity contribution in [1.29, 1.82) is 0 Å². The minimum absolute atomic E-state index is 0.122. The Morgan fingerprint density at radius 2 is 1.70 bits per heavy atom. The van der Waals surface area contributed by atoms with Crippen LogP contribution in [0.25, 0.3) is 0 Å². The fraction of sp³-hybridized carbons (Fsp3) is 0.412. The van der Waals surface area contributed by atoms with E-state index < -0.39 is 0 Å². The molecule has 23 heavy (non-hydrogen) atoms. The van der Waals surface area contributed by atoms with E-state index in [0.29, 0.717) is 30.2 Å². The highest BCUT2D eigenvalue weighted by Gasteiger charge is 2.11. The largest absolute Gasteiger partial charge is 0.362 e. The van der Waals surface area contributed by atoms with E-state index >= 15 is 0 Å². The number of rotatable bonds is 6. The van der Waals surface area contributed by atoms with Crippen LogP contribution in [-0.2, 0) is 9.59 Å². The lowest BCUT2D eigenvalue weighted by Crippen LogP contribution is -2.32. The summed E-state index contributed by atoms with van der Waals surface area (Å²) in [7, 11) is 1.56. The number of carbonyl (C=O) groups is 4. The van der Waals surface area contributed by atoms with Crippen LogP contribution in [0.5, 0.6) is 0 Å². The lowest BCUT2D eigenvalue weighted by Gasteiger charge is -2.12. The molecule has 0 aliphatic heterocycles. The van der Waals surface area contributed by atoms with E-state index in [1.165, 1.54) is 0 Å². The van der Waals surface area contributed by atoms with Gasteiger partial charge in [-0.15, -0.1) is 0 Å². The van der Waals surface area contributed by atoms with E-state index in [-0.39, 0.29) is 11.9 Å². The van der Waals surface area contributed by atoms with Gasteiger partial charge in [-0.1, -0.05) is 32.0 Å². The van der Waals surface area contributed by atoms with E-state index in [1.807, 2.05) is 20.8 Å². The van der Waals surface area contributed by atoms with Crippen molar-refractivity contribution < 1.29 is 19.2 Å². The summed E-state index contributed by atoms with van der Waals surface area (Å²) in [6.07, 6.45) is 3.71. The Hall–Kier alpha value is -2.50. The molecular formula is C17H26N2O4. The first-order chi connectivity index (χ1) is 11.0. The third-order valence-corrected chi connectivity index (χ3v) is 2.61. The number of benzene rings is 1. The average molecular weight is 322 g/mol. The maximum atomic E-state index is 11.7. The highest BCUT2D eigenvalue weighted by atomic mass is 16.2. The molecule has 0 saturated carbocycles. The van der Waals surface area contributed by atoms with Gasteiger partial charge in [-0.3, -0.25) is 14.4 Å². The minimum atomic E-state index is -0.188. The lowest BCUT2D eigenvalue weighted by atomic mass is 10.1. The van der Waals surface area contributed by atoms with Gasteiger partial charge in [0.2, 0.25) is 6.41 Å². The summed E-state index contributed by atoms with van der Waals surface area (Å²) in [5.74, 6) is -0.188. The molecule has 1 aromatic rings. The summed E-state index contributed by atoms with van der Waals surface area (Å²) in [5, 5.41) is 5.07. The third kappa shape index (κ3) is 11.8. The van der Waals surface area contributed by atoms with Crippen molar-refractivity contribution in [1.82, 2.24) is 10.6 Å². The van der Waals surface area contributed by atoms with E-state index in [4.69, 9.17) is 4.79 Å². The molecule has 1 aromatic carbocycles. The van der Waals surface area contributed by atoms with E-state index in [2.05, 4.69) is 10.6 Å². The van der Waals surface area contributed by atoms with Gasteiger partial charge in [-0.05, 0) is 19.4 Å². The highest BCUT2D eigenvalue weighted by molar-refractivity contribution is 6.01. The number of hydrogen-bond donors (Lipinski definition) is 2. The van der Waals surface area contributed by atoms with Gasteiger partial charge in [0.25, 0.3) is 5.91 Å². The SMILES string of the molecule is CCC(C)NC(=O)c1ccccc1C=O.CCC=O.CNC=O. The molecule has 1 rings (SSSR count). The Morgan fingerprint density at radius 1 is 1.17 bits per heavy atom. The molecule has 2 amide bonds. The van der Waals surface area contributed by atoms with E-state index in [9.17, 15) is 14.4 Å². The standard InChI is InChI=1S/C12H15NO2.C3H6O.C2H5NO/c1-3-9(2)13-12(15)11-7-5-4-6-10(11)8-14;1-2-3-4;1-3-2-4/h4-9H,3H2,1-2H3,(H,13,15);3H,2H2,1H3;2H,1H3,(H,3,4). The first-order valence-electron chi connectivity index (χ1n) is 7.41. The molecular weight excluding hydrogens is 296 g/mol. The summed E-state index contributed by atoms with van der Waals surface area (Å²) < 4.78 is 0. The quantitative estimate of drug-likeness (QED) is 0.783. The zero-order valence-electron chi connectivity index (χ0n) is 14.2. The Morgan fingerprint density at radius 3 is 2.09 bits per heavy atom. The van der Waals surface area contributed by atoms with Gasteiger partial charge in [0.05, 0.1) is 0 Å². The predicted octanol–water partition coefficient (Wildman–Crippen LogP) is 1.98. The third-order valence-electron chi connectivity index (χ3n) is 2.61. The van der Waals surface area contributed by atoms with Gasteiger partial charge < -0.3 is 15.4 Å². The molecule has 0 radical (unpaired) electrons. The number of carbonyl (C=O) groups excluding carboxylic acids is 4. The van der Waals surface area contributed by atoms with Gasteiger partial charge in [-0.25, -0.2) is 0 Å². The van der Waals surface area contributed by atoms with E-state index in [0.717, 1.165) is 12.7 Å². The topological polar surface area (TPSA) is 92.3 Å². The van der Waals surface area contributed by atoms with Crippen LogP contribution in [0, 0.1) is 0 Å². The number of hydrogen-bond acceptors (Lipinski definition) is 4. The van der Waals surface area contributed by atoms with Crippen molar-refractivity contribution >= 4 is 24.9 Å². The summed E-state index contributed by atoms with van der Waals surface area (Å²) in [5.41, 5.74) is 0.867. The molecule has 0 spiro atoms. The van der Waals surface area contributed by atoms with Gasteiger partial charge >= 0.3 is 0 Å². The Balaban J connectivity index is 0. The summed E-state index contributed by atoms with van der Waals surface area (Å²) >= 11 is 0. The van der Waals surface area contributed by atoms with Crippen molar-refractivity contribution in [2.45, 2.75) is 39.7 Å². The second kappa shape index (κ2) is 15.9. The normalized spacial score (nSPS) is 9.74. The Bertz CT molecular complexity index is 467. The van der Waals surface area contributed by atoms with Crippen molar-refractivity contribution in [3.05, 3.63) is 35.4 Å². The van der Waals surface area contributed by atoms with Crippen LogP contribution in [0.15, 0.2) is 24.3 Å². The Labute approximate surface area is 137 Å². The Kier molecular flexibility index (Phi) is 15.7. The monoisotopic (exact) mass is 322 g/mol. The first-order valence-corrected chi connectivity index (χ1v) is 7.41. The van der Waals surface area contributed by atoms with Gasteiger partial charge in [-0.2, -0.15) is 0 Å². The number of amides is 2. The first kappa shape index (κ1) is 22.8. The predicted molar refractivity (Wildman–Crippen MR) is 90.5 cm³/mol. The molecule has 0 bridgehead atoms. The maximum Gasteiger partial charge on any atom is 0.252 e. The van der Waals surface area contributed by atoms with Crippen LogP contribution in [0.1, 0.15) is 54.3 Å². The van der Waals surface area contributed by atoms with Crippen molar-refractivity contribution in [3.63, 3.8) is 0 Å². The fourth-order valence-electron chi connectivity index (χ4n) is 1.21. The second-order valence-electron chi connectivity index (χ2n) is 4.47. The van der Waals surface area contributed by atoms with Gasteiger partial charge in [0.15, 0.2) is 6.29 Å². The highest BCUT2D eigenvalue weighted by Crippen LogP contribution is 2.06. The molecule has 0 aliphatic carbocycles. The van der Waals surface area contributed by atoms with Crippen LogP contribution in [-0.4, -0.2) is 38.0 Å². The molecule has 0 fully saturated rings. The maximum absolute atomic E-state index is 11.7. The molecule has 2 N–H and O–H groups in total. The smallest absolute Gasteiger partial charge is 0.252 e. The van der Waals surface area contributed by atoms with Gasteiger partial charge in [0.1, 0.15) is 6.29 Å². The number of nitrogens with one attached hydrogen (secondary N) is 2. The minimum Gasteiger partial charge on any atom is -0.362 e. The molecule has 1 atom stereocenters. The zero-order valence-corrected chi connectivity index (χ0v) is 14.2. The second-order valence-corrected chi connectivity index (χ2v) is 4.47. The molecule has 0 aromatic heterocycles. The average Bonchev–Trinajstić information content (AvgIpc) is 2.61. The molecule has 128 valence electrons. The van der Waals surface area contributed by atoms with Crippen molar-refractivity contribution in [2.75, 3.05) is 7.05 Å².